The number of aromatic nitrogens is 4. The number of thiazole rings is 1. The summed E-state index contributed by atoms with van der Waals surface area (Å²) in [6.45, 7) is 7.35. The maximum atomic E-state index is 13.0. The number of thiocarbonyl (C=S) groups is 1. The van der Waals surface area contributed by atoms with Gasteiger partial charge in [-0.2, -0.15) is 4.57 Å². The largest absolute Gasteiger partial charge is 0.464 e. The molecule has 1 aliphatic heterocycles. The van der Waals surface area contributed by atoms with E-state index in [1.54, 1.807) is 31.5 Å². The van der Waals surface area contributed by atoms with Crippen LogP contribution in [0.1, 0.15) is 53.8 Å². The number of pyridine rings is 1. The summed E-state index contributed by atoms with van der Waals surface area (Å²) >= 11 is 7.00. The summed E-state index contributed by atoms with van der Waals surface area (Å²) in [6.07, 6.45) is 7.33. The summed E-state index contributed by atoms with van der Waals surface area (Å²) in [7, 11) is 1.94. The molecule has 1 unspecified atom stereocenters. The molecule has 3 aromatic heterocycles. The Balaban J connectivity index is 1.35. The first-order valence-electron chi connectivity index (χ1n) is 12.2. The van der Waals surface area contributed by atoms with Crippen LogP contribution in [-0.2, 0) is 16.6 Å². The molecule has 0 spiro atoms. The highest BCUT2D eigenvalue weighted by Gasteiger charge is 2.27. The highest BCUT2D eigenvalue weighted by Crippen LogP contribution is 2.31. The zero-order valence-electron chi connectivity index (χ0n) is 21.4. The number of carbonyl (C=O) groups is 2. The molecule has 0 aliphatic carbocycles. The lowest BCUT2D eigenvalue weighted by Crippen LogP contribution is -2.49. The van der Waals surface area contributed by atoms with Crippen molar-refractivity contribution in [2.24, 2.45) is 7.05 Å². The van der Waals surface area contributed by atoms with Crippen LogP contribution in [0.2, 0.25) is 0 Å². The molecule has 0 bridgehead atoms. The van der Waals surface area contributed by atoms with Gasteiger partial charge in [0.05, 0.1) is 18.7 Å². The average Bonchev–Trinajstić information content (AvgIpc) is 3.51. The number of carbonyl (C=O) groups excluding carboxylic acids is 2. The molecule has 1 fully saturated rings. The van der Waals surface area contributed by atoms with Gasteiger partial charge in [0.25, 0.3) is 5.91 Å². The first-order chi connectivity index (χ1) is 17.8. The molecule has 1 aliphatic rings. The summed E-state index contributed by atoms with van der Waals surface area (Å²) in [4.78, 5) is 36.1. The van der Waals surface area contributed by atoms with Crippen molar-refractivity contribution in [2.45, 2.75) is 45.6 Å². The second-order valence-electron chi connectivity index (χ2n) is 9.01. The number of ether oxygens (including phenoxy) is 1. The van der Waals surface area contributed by atoms with Gasteiger partial charge in [0.2, 0.25) is 12.1 Å². The Labute approximate surface area is 225 Å². The lowest BCUT2D eigenvalue weighted by molar-refractivity contribution is -0.670. The Hall–Kier alpha value is -3.38. The molecule has 10 nitrogen and oxygen atoms in total. The molecule has 1 saturated heterocycles. The number of nitrogens with zero attached hydrogens (tertiary/aromatic N) is 5. The van der Waals surface area contributed by atoms with Crippen LogP contribution in [-0.4, -0.2) is 62.2 Å². The molecular weight excluding hydrogens is 510 g/mol. The smallest absolute Gasteiger partial charge is 0.328 e. The van der Waals surface area contributed by atoms with Gasteiger partial charge in [0, 0.05) is 37.5 Å². The van der Waals surface area contributed by atoms with E-state index in [1.807, 2.05) is 41.7 Å². The van der Waals surface area contributed by atoms with Crippen molar-refractivity contribution in [2.75, 3.05) is 25.0 Å². The van der Waals surface area contributed by atoms with Gasteiger partial charge in [-0.05, 0) is 51.0 Å². The lowest BCUT2D eigenvalue weighted by Gasteiger charge is -2.33. The zero-order chi connectivity index (χ0) is 26.5. The van der Waals surface area contributed by atoms with E-state index in [9.17, 15) is 9.59 Å². The number of likely N-dealkylation sites (tertiary alicyclic amines) is 1. The number of anilines is 1. The van der Waals surface area contributed by atoms with Crippen LogP contribution < -0.4 is 15.2 Å². The summed E-state index contributed by atoms with van der Waals surface area (Å²) in [5.74, 6) is 0.328. The Morgan fingerprint density at radius 1 is 1.35 bits per heavy atom. The van der Waals surface area contributed by atoms with Crippen molar-refractivity contribution < 1.29 is 18.9 Å². The summed E-state index contributed by atoms with van der Waals surface area (Å²) in [6, 6.07) is 3.14. The quantitative estimate of drug-likeness (QED) is 0.267. The lowest BCUT2D eigenvalue weighted by atomic mass is 9.98. The van der Waals surface area contributed by atoms with Gasteiger partial charge in [-0.25, -0.2) is 19.3 Å². The molecule has 1 atom stereocenters. The summed E-state index contributed by atoms with van der Waals surface area (Å²) in [5.41, 5.74) is 2.02. The van der Waals surface area contributed by atoms with Crippen LogP contribution >= 0.6 is 23.6 Å². The number of imidazole rings is 1. The number of hydrogen-bond donors (Lipinski definition) is 2. The Bertz CT molecular complexity index is 1280. The van der Waals surface area contributed by atoms with Crippen molar-refractivity contribution in [3.8, 4) is 5.82 Å². The van der Waals surface area contributed by atoms with Gasteiger partial charge in [-0.15, -0.1) is 11.3 Å². The Morgan fingerprint density at radius 2 is 2.11 bits per heavy atom. The minimum absolute atomic E-state index is 0.254. The minimum Gasteiger partial charge on any atom is -0.464 e. The molecule has 12 heteroatoms. The van der Waals surface area contributed by atoms with Crippen LogP contribution in [0.3, 0.4) is 0 Å². The van der Waals surface area contributed by atoms with Gasteiger partial charge in [-0.1, -0.05) is 0 Å². The predicted molar refractivity (Wildman–Crippen MR) is 145 cm³/mol. The fraction of sp³-hybridized carbons (Fsp3) is 0.440. The number of piperidine rings is 1. The number of esters is 1. The van der Waals surface area contributed by atoms with Crippen LogP contribution in [0.15, 0.2) is 36.2 Å². The monoisotopic (exact) mass is 542 g/mol. The summed E-state index contributed by atoms with van der Waals surface area (Å²) in [5, 5.41) is 9.35. The van der Waals surface area contributed by atoms with Crippen molar-refractivity contribution in [1.29, 1.82) is 0 Å². The molecule has 37 heavy (non-hydrogen) atoms. The van der Waals surface area contributed by atoms with E-state index in [0.29, 0.717) is 28.9 Å². The van der Waals surface area contributed by atoms with E-state index in [1.165, 1.54) is 11.3 Å². The topological polar surface area (TPSA) is 105 Å². The normalized spacial score (nSPS) is 14.8. The standard InChI is InChI=1S/C25H31N7O3S2/c1-5-35-24(34)17(3)27-25(36)31-11-8-18(9-12-31)23-29-20(14-37-23)22(33)28-19-7-6-10-26-21(19)32-15-30(4)13-16(32)2/h6-7,10,13-15,17-18H,5,8-9,11-12H2,1-4H3,(H-,27,28,33,36)/p+1. The SMILES string of the molecule is CCOC(=O)C(C)NC(=S)N1CCC(c2nc(C(=O)Nc3cccnc3-n3c[n+](C)cc3C)cs2)CC1. The third kappa shape index (κ3) is 6.31. The third-order valence-electron chi connectivity index (χ3n) is 6.20. The number of aryl methyl sites for hydroxylation is 2. The van der Waals surface area contributed by atoms with Crippen LogP contribution in [0.25, 0.3) is 5.82 Å². The van der Waals surface area contributed by atoms with E-state index in [-0.39, 0.29) is 17.8 Å². The molecule has 0 saturated carbocycles. The molecule has 2 N–H and O–H groups in total. The van der Waals surface area contributed by atoms with E-state index in [2.05, 4.69) is 25.5 Å². The fourth-order valence-corrected chi connectivity index (χ4v) is 5.60. The van der Waals surface area contributed by atoms with Crippen LogP contribution in [0.5, 0.6) is 0 Å². The Morgan fingerprint density at radius 3 is 2.78 bits per heavy atom. The van der Waals surface area contributed by atoms with E-state index in [0.717, 1.165) is 36.6 Å². The average molecular weight is 543 g/mol. The number of nitrogens with one attached hydrogen (secondary N) is 2. The number of rotatable bonds is 7. The maximum Gasteiger partial charge on any atom is 0.328 e. The molecule has 3 aromatic rings. The summed E-state index contributed by atoms with van der Waals surface area (Å²) < 4.78 is 8.91. The Kier molecular flexibility index (Phi) is 8.49. The van der Waals surface area contributed by atoms with Crippen molar-refractivity contribution in [3.05, 3.63) is 52.6 Å². The van der Waals surface area contributed by atoms with Crippen molar-refractivity contribution >= 4 is 46.2 Å². The molecule has 1 amide bonds. The highest BCUT2D eigenvalue weighted by atomic mass is 32.1. The maximum absolute atomic E-state index is 13.0. The molecular formula is C25H32N7O3S2+. The predicted octanol–water partition coefficient (Wildman–Crippen LogP) is 2.72. The second-order valence-corrected chi connectivity index (χ2v) is 10.3. The van der Waals surface area contributed by atoms with Gasteiger partial charge < -0.3 is 20.3 Å². The molecule has 4 heterocycles. The van der Waals surface area contributed by atoms with Crippen LogP contribution in [0.4, 0.5) is 5.69 Å². The van der Waals surface area contributed by atoms with Gasteiger partial charge in [0.15, 0.2) is 5.11 Å². The molecule has 0 aromatic carbocycles. The zero-order valence-corrected chi connectivity index (χ0v) is 23.1. The molecule has 4 rings (SSSR count). The fourth-order valence-electron chi connectivity index (χ4n) is 4.27. The van der Waals surface area contributed by atoms with Gasteiger partial charge >= 0.3 is 5.97 Å². The molecule has 0 radical (unpaired) electrons. The van der Waals surface area contributed by atoms with E-state index >= 15 is 0 Å². The third-order valence-corrected chi connectivity index (χ3v) is 7.58. The first-order valence-corrected chi connectivity index (χ1v) is 13.5. The van der Waals surface area contributed by atoms with Crippen molar-refractivity contribution in [3.63, 3.8) is 0 Å². The second kappa shape index (κ2) is 11.8. The number of amides is 1. The van der Waals surface area contributed by atoms with Crippen molar-refractivity contribution in [1.82, 2.24) is 24.8 Å². The van der Waals surface area contributed by atoms with Gasteiger partial charge in [0.1, 0.15) is 29.3 Å². The number of hydrogen-bond acceptors (Lipinski definition) is 7. The first kappa shape index (κ1) is 26.7. The van der Waals surface area contributed by atoms with E-state index in [4.69, 9.17) is 17.0 Å². The van der Waals surface area contributed by atoms with E-state index < -0.39 is 6.04 Å². The highest BCUT2D eigenvalue weighted by molar-refractivity contribution is 7.80. The van der Waals surface area contributed by atoms with Crippen LogP contribution in [0, 0.1) is 6.92 Å². The van der Waals surface area contributed by atoms with Gasteiger partial charge in [-0.3, -0.25) is 4.79 Å². The molecule has 196 valence electrons. The minimum atomic E-state index is -0.491.